The van der Waals surface area contributed by atoms with E-state index in [0.717, 1.165) is 34.8 Å². The van der Waals surface area contributed by atoms with E-state index < -0.39 is 0 Å². The Balaban J connectivity index is 1.72. The third-order valence-corrected chi connectivity index (χ3v) is 4.69. The molecule has 0 saturated carbocycles. The minimum atomic E-state index is 0.882. The zero-order valence-corrected chi connectivity index (χ0v) is 12.4. The molecule has 0 radical (unpaired) electrons. The van der Waals surface area contributed by atoms with Crippen LogP contribution in [0.25, 0.3) is 10.2 Å². The molecule has 3 heterocycles. The van der Waals surface area contributed by atoms with E-state index >= 15 is 0 Å². The van der Waals surface area contributed by atoms with Gasteiger partial charge in [-0.05, 0) is 36.4 Å². The SMILES string of the molecule is c1ccc(N2CCCC2)c(Nc2ncnc3sccc23)c1. The van der Waals surface area contributed by atoms with Crippen LogP contribution in [-0.2, 0) is 0 Å². The topological polar surface area (TPSA) is 41.0 Å². The largest absolute Gasteiger partial charge is 0.370 e. The van der Waals surface area contributed by atoms with Crippen LogP contribution in [0.15, 0.2) is 42.0 Å². The maximum atomic E-state index is 4.41. The number of hydrogen-bond donors (Lipinski definition) is 1. The van der Waals surface area contributed by atoms with E-state index in [1.807, 2.05) is 0 Å². The fourth-order valence-electron chi connectivity index (χ4n) is 2.83. The van der Waals surface area contributed by atoms with Gasteiger partial charge in [-0.15, -0.1) is 11.3 Å². The smallest absolute Gasteiger partial charge is 0.142 e. The summed E-state index contributed by atoms with van der Waals surface area (Å²) >= 11 is 1.64. The molecule has 1 N–H and O–H groups in total. The fraction of sp³-hybridized carbons (Fsp3) is 0.250. The summed E-state index contributed by atoms with van der Waals surface area (Å²) in [5.74, 6) is 0.882. The molecule has 0 atom stereocenters. The number of nitrogens with one attached hydrogen (secondary N) is 1. The van der Waals surface area contributed by atoms with Gasteiger partial charge in [-0.25, -0.2) is 9.97 Å². The number of rotatable bonds is 3. The summed E-state index contributed by atoms with van der Waals surface area (Å²) in [5, 5.41) is 6.63. The summed E-state index contributed by atoms with van der Waals surface area (Å²) in [4.78, 5) is 12.2. The van der Waals surface area contributed by atoms with Crippen LogP contribution in [0.2, 0.25) is 0 Å². The first-order valence-electron chi connectivity index (χ1n) is 7.21. The van der Waals surface area contributed by atoms with Crippen LogP contribution in [0.5, 0.6) is 0 Å². The van der Waals surface area contributed by atoms with Crippen molar-refractivity contribution in [1.82, 2.24) is 9.97 Å². The van der Waals surface area contributed by atoms with Crippen molar-refractivity contribution in [3.63, 3.8) is 0 Å². The summed E-state index contributed by atoms with van der Waals surface area (Å²) in [6.45, 7) is 2.27. The highest BCUT2D eigenvalue weighted by molar-refractivity contribution is 7.16. The van der Waals surface area contributed by atoms with Crippen molar-refractivity contribution in [1.29, 1.82) is 0 Å². The molecule has 1 aliphatic rings. The highest BCUT2D eigenvalue weighted by atomic mass is 32.1. The van der Waals surface area contributed by atoms with Crippen molar-refractivity contribution in [3.05, 3.63) is 42.0 Å². The molecule has 0 bridgehead atoms. The van der Waals surface area contributed by atoms with E-state index in [-0.39, 0.29) is 0 Å². The van der Waals surface area contributed by atoms with E-state index in [4.69, 9.17) is 0 Å². The van der Waals surface area contributed by atoms with Crippen molar-refractivity contribution in [2.45, 2.75) is 12.8 Å². The fourth-order valence-corrected chi connectivity index (χ4v) is 3.56. The lowest BCUT2D eigenvalue weighted by atomic mass is 10.2. The summed E-state index contributed by atoms with van der Waals surface area (Å²) in [6.07, 6.45) is 4.17. The molecule has 2 aromatic heterocycles. The Morgan fingerprint density at radius 2 is 1.90 bits per heavy atom. The molecule has 1 aliphatic heterocycles. The first kappa shape index (κ1) is 12.6. The van der Waals surface area contributed by atoms with Gasteiger partial charge in [0.25, 0.3) is 0 Å². The first-order valence-corrected chi connectivity index (χ1v) is 8.09. The van der Waals surface area contributed by atoms with Crippen molar-refractivity contribution >= 4 is 38.7 Å². The number of nitrogens with zero attached hydrogens (tertiary/aromatic N) is 3. The number of anilines is 3. The van der Waals surface area contributed by atoms with Crippen molar-refractivity contribution in [2.75, 3.05) is 23.3 Å². The molecular formula is C16H16N4S. The van der Waals surface area contributed by atoms with Crippen LogP contribution in [-0.4, -0.2) is 23.1 Å². The van der Waals surface area contributed by atoms with Crippen molar-refractivity contribution in [2.24, 2.45) is 0 Å². The molecule has 5 heteroatoms. The highest BCUT2D eigenvalue weighted by Crippen LogP contribution is 2.33. The number of fused-ring (bicyclic) bond motifs is 1. The average Bonchev–Trinajstić information content (AvgIpc) is 3.20. The molecule has 4 rings (SSSR count). The molecule has 4 nitrogen and oxygen atoms in total. The molecule has 0 aliphatic carbocycles. The predicted molar refractivity (Wildman–Crippen MR) is 88.6 cm³/mol. The second kappa shape index (κ2) is 5.33. The number of aromatic nitrogens is 2. The monoisotopic (exact) mass is 296 g/mol. The van der Waals surface area contributed by atoms with E-state index in [1.54, 1.807) is 17.7 Å². The van der Waals surface area contributed by atoms with Crippen molar-refractivity contribution in [3.8, 4) is 0 Å². The molecule has 1 saturated heterocycles. The normalized spacial score (nSPS) is 14.8. The molecule has 0 unspecified atom stereocenters. The number of thiophene rings is 1. The maximum Gasteiger partial charge on any atom is 0.142 e. The predicted octanol–water partition coefficient (Wildman–Crippen LogP) is 4.04. The average molecular weight is 296 g/mol. The molecule has 0 amide bonds. The van der Waals surface area contributed by atoms with Crippen LogP contribution in [0.3, 0.4) is 0 Å². The van der Waals surface area contributed by atoms with Gasteiger partial charge in [-0.2, -0.15) is 0 Å². The van der Waals surface area contributed by atoms with E-state index in [9.17, 15) is 0 Å². The quantitative estimate of drug-likeness (QED) is 0.792. The third-order valence-electron chi connectivity index (χ3n) is 3.87. The summed E-state index contributed by atoms with van der Waals surface area (Å²) in [6, 6.07) is 10.5. The number of para-hydroxylation sites is 2. The van der Waals surface area contributed by atoms with Gasteiger partial charge in [-0.1, -0.05) is 12.1 Å². The van der Waals surface area contributed by atoms with Gasteiger partial charge >= 0.3 is 0 Å². The van der Waals surface area contributed by atoms with Crippen LogP contribution < -0.4 is 10.2 Å². The summed E-state index contributed by atoms with van der Waals surface area (Å²) < 4.78 is 0. The summed E-state index contributed by atoms with van der Waals surface area (Å²) in [7, 11) is 0. The second-order valence-corrected chi connectivity index (χ2v) is 6.09. The summed E-state index contributed by atoms with van der Waals surface area (Å²) in [5.41, 5.74) is 2.38. The zero-order valence-electron chi connectivity index (χ0n) is 11.6. The molecule has 3 aromatic rings. The van der Waals surface area contributed by atoms with Gasteiger partial charge in [0.15, 0.2) is 0 Å². The standard InChI is InChI=1S/C16H16N4S/c1-2-6-14(20-8-3-4-9-20)13(5-1)19-15-12-7-10-21-16(12)18-11-17-15/h1-2,5-7,10-11H,3-4,8-9H2,(H,17,18,19). The van der Waals surface area contributed by atoms with Gasteiger partial charge in [-0.3, -0.25) is 0 Å². The lowest BCUT2D eigenvalue weighted by molar-refractivity contribution is 0.949. The van der Waals surface area contributed by atoms with Gasteiger partial charge in [0.05, 0.1) is 16.8 Å². The lowest BCUT2D eigenvalue weighted by Crippen LogP contribution is -2.18. The van der Waals surface area contributed by atoms with Crippen LogP contribution in [0.1, 0.15) is 12.8 Å². The maximum absolute atomic E-state index is 4.41. The number of hydrogen-bond acceptors (Lipinski definition) is 5. The Kier molecular flexibility index (Phi) is 3.20. The molecule has 1 aromatic carbocycles. The Hall–Kier alpha value is -2.14. The molecule has 1 fully saturated rings. The van der Waals surface area contributed by atoms with Gasteiger partial charge < -0.3 is 10.2 Å². The third kappa shape index (κ3) is 2.34. The van der Waals surface area contributed by atoms with Crippen LogP contribution in [0.4, 0.5) is 17.2 Å². The first-order chi connectivity index (χ1) is 10.4. The van der Waals surface area contributed by atoms with Gasteiger partial charge in [0, 0.05) is 13.1 Å². The van der Waals surface area contributed by atoms with Crippen LogP contribution >= 0.6 is 11.3 Å². The minimum Gasteiger partial charge on any atom is -0.370 e. The Morgan fingerprint density at radius 3 is 2.81 bits per heavy atom. The molecule has 0 spiro atoms. The second-order valence-electron chi connectivity index (χ2n) is 5.20. The highest BCUT2D eigenvalue weighted by Gasteiger charge is 2.16. The van der Waals surface area contributed by atoms with Gasteiger partial charge in [0.1, 0.15) is 17.0 Å². The lowest BCUT2D eigenvalue weighted by Gasteiger charge is -2.21. The Bertz CT molecular complexity index is 762. The van der Waals surface area contributed by atoms with Crippen molar-refractivity contribution < 1.29 is 0 Å². The molecular weight excluding hydrogens is 280 g/mol. The van der Waals surface area contributed by atoms with E-state index in [1.165, 1.54) is 18.5 Å². The van der Waals surface area contributed by atoms with E-state index in [0.29, 0.717) is 0 Å². The zero-order chi connectivity index (χ0) is 14.1. The van der Waals surface area contributed by atoms with Gasteiger partial charge in [0.2, 0.25) is 0 Å². The Morgan fingerprint density at radius 1 is 1.05 bits per heavy atom. The number of benzene rings is 1. The Labute approximate surface area is 127 Å². The molecule has 21 heavy (non-hydrogen) atoms. The molecule has 106 valence electrons. The van der Waals surface area contributed by atoms with E-state index in [2.05, 4.69) is 55.9 Å². The van der Waals surface area contributed by atoms with Crippen LogP contribution in [0, 0.1) is 0 Å². The minimum absolute atomic E-state index is 0.882.